The molecule has 0 aliphatic heterocycles. The van der Waals surface area contributed by atoms with Crippen molar-refractivity contribution in [2.75, 3.05) is 0 Å². The van der Waals surface area contributed by atoms with Gasteiger partial charge in [0, 0.05) is 12.0 Å². The maximum absolute atomic E-state index is 13.9. The van der Waals surface area contributed by atoms with Gasteiger partial charge in [0.1, 0.15) is 0 Å². The first-order valence-corrected chi connectivity index (χ1v) is 18.6. The van der Waals surface area contributed by atoms with Gasteiger partial charge in [-0.15, -0.1) is 0 Å². The number of carbonyl (C=O) groups excluding carboxylic acids is 1. The molecule has 8 atom stereocenters. The summed E-state index contributed by atoms with van der Waals surface area (Å²) in [5, 5.41) is 11.9. The van der Waals surface area contributed by atoms with Crippen LogP contribution in [0.4, 0.5) is 0 Å². The Balaban J connectivity index is 1.52. The van der Waals surface area contributed by atoms with Crippen molar-refractivity contribution in [3.8, 4) is 0 Å². The van der Waals surface area contributed by atoms with E-state index < -0.39 is 13.9 Å². The molecule has 0 unspecified atom stereocenters. The summed E-state index contributed by atoms with van der Waals surface area (Å²) in [6.07, 6.45) is 15.8. The zero-order valence-corrected chi connectivity index (χ0v) is 26.7. The van der Waals surface area contributed by atoms with Gasteiger partial charge in [-0.3, -0.25) is 4.79 Å². The standard InChI is InChI=1S/C33H58O3Si/c1-10-11-12-13-18-33(7,35)28-15-14-25-29-26(17-20-32(25,28)6)31(5)19-16-24(21-23(31)22-27(29)34)36-37(8,9)30(2,3)4/h22,24-26,28-29,35H,10-21H2,1-9H3/t24-,25-,26-,28-,29-,31-,32-,33-/m0/s1. The Hall–Kier alpha value is -0.453. The van der Waals surface area contributed by atoms with Gasteiger partial charge in [0.25, 0.3) is 0 Å². The molecule has 0 spiro atoms. The Kier molecular flexibility index (Phi) is 8.13. The van der Waals surface area contributed by atoms with Crippen molar-refractivity contribution >= 4 is 14.1 Å². The molecular formula is C33H58O3Si. The second-order valence-electron chi connectivity index (χ2n) is 15.8. The minimum absolute atomic E-state index is 0.0788. The molecule has 3 saturated carbocycles. The molecule has 0 bridgehead atoms. The van der Waals surface area contributed by atoms with Crippen LogP contribution in [0.1, 0.15) is 126 Å². The number of rotatable bonds is 8. The third-order valence-electron chi connectivity index (χ3n) is 12.5. The predicted octanol–water partition coefficient (Wildman–Crippen LogP) is 8.86. The highest BCUT2D eigenvalue weighted by atomic mass is 28.4. The van der Waals surface area contributed by atoms with E-state index in [1.54, 1.807) is 0 Å². The Labute approximate surface area is 229 Å². The van der Waals surface area contributed by atoms with E-state index in [0.29, 0.717) is 23.5 Å². The molecule has 0 saturated heterocycles. The largest absolute Gasteiger partial charge is 0.414 e. The van der Waals surface area contributed by atoms with Gasteiger partial charge in [0.2, 0.25) is 0 Å². The Morgan fingerprint density at radius 3 is 2.35 bits per heavy atom. The Morgan fingerprint density at radius 1 is 1.00 bits per heavy atom. The smallest absolute Gasteiger partial charge is 0.192 e. The molecule has 0 radical (unpaired) electrons. The number of hydrogen-bond acceptors (Lipinski definition) is 3. The van der Waals surface area contributed by atoms with E-state index in [0.717, 1.165) is 57.8 Å². The van der Waals surface area contributed by atoms with Crippen molar-refractivity contribution in [1.29, 1.82) is 0 Å². The van der Waals surface area contributed by atoms with Crippen LogP contribution in [0.25, 0.3) is 0 Å². The number of hydrogen-bond donors (Lipinski definition) is 1. The number of aliphatic hydroxyl groups is 1. The summed E-state index contributed by atoms with van der Waals surface area (Å²) in [4.78, 5) is 13.9. The SMILES string of the molecule is CCCCCC[C@](C)(O)[C@H]1CC[C@H]2[C@@H]3C(=O)C=C4C[C@@H](O[Si](C)(C)C(C)(C)C)CC[C@]4(C)[C@H]3CC[C@@]21C. The van der Waals surface area contributed by atoms with Crippen LogP contribution < -0.4 is 0 Å². The van der Waals surface area contributed by atoms with Gasteiger partial charge in [-0.2, -0.15) is 0 Å². The first-order chi connectivity index (χ1) is 17.1. The van der Waals surface area contributed by atoms with Crippen LogP contribution in [0.5, 0.6) is 0 Å². The van der Waals surface area contributed by atoms with E-state index in [-0.39, 0.29) is 27.9 Å². The topological polar surface area (TPSA) is 46.5 Å². The number of allylic oxidation sites excluding steroid dienone is 1. The normalized spacial score (nSPS) is 39.9. The lowest BCUT2D eigenvalue weighted by Gasteiger charge is -2.58. The molecule has 3 fully saturated rings. The minimum atomic E-state index is -1.83. The van der Waals surface area contributed by atoms with Gasteiger partial charge in [0.15, 0.2) is 14.1 Å². The average Bonchev–Trinajstić information content (AvgIpc) is 3.15. The molecule has 3 nitrogen and oxygen atoms in total. The van der Waals surface area contributed by atoms with Crippen LogP contribution >= 0.6 is 0 Å². The van der Waals surface area contributed by atoms with Crippen LogP contribution in [-0.2, 0) is 9.22 Å². The van der Waals surface area contributed by atoms with Crippen molar-refractivity contribution in [1.82, 2.24) is 0 Å². The quantitative estimate of drug-likeness (QED) is 0.252. The summed E-state index contributed by atoms with van der Waals surface area (Å²) in [6, 6.07) is 0. The zero-order chi connectivity index (χ0) is 27.4. The molecule has 0 aromatic rings. The molecule has 4 rings (SSSR count). The molecule has 4 aliphatic carbocycles. The third kappa shape index (κ3) is 5.22. The van der Waals surface area contributed by atoms with E-state index in [9.17, 15) is 9.90 Å². The third-order valence-corrected chi connectivity index (χ3v) is 17.0. The molecule has 0 aromatic heterocycles. The van der Waals surface area contributed by atoms with Gasteiger partial charge in [-0.1, -0.05) is 72.8 Å². The molecule has 1 N–H and O–H groups in total. The predicted molar refractivity (Wildman–Crippen MR) is 157 cm³/mol. The summed E-state index contributed by atoms with van der Waals surface area (Å²) < 4.78 is 6.85. The van der Waals surface area contributed by atoms with Gasteiger partial charge in [-0.25, -0.2) is 0 Å². The highest BCUT2D eigenvalue weighted by Gasteiger charge is 2.63. The lowest BCUT2D eigenvalue weighted by atomic mass is 9.46. The van der Waals surface area contributed by atoms with Crippen LogP contribution in [0.2, 0.25) is 18.1 Å². The molecule has 4 heteroatoms. The summed E-state index contributed by atoms with van der Waals surface area (Å²) >= 11 is 0. The molecule has 37 heavy (non-hydrogen) atoms. The summed E-state index contributed by atoms with van der Waals surface area (Å²) in [6.45, 7) is 20.9. The molecule has 0 amide bonds. The van der Waals surface area contributed by atoms with Crippen LogP contribution in [-0.4, -0.2) is 30.9 Å². The van der Waals surface area contributed by atoms with Crippen molar-refractivity contribution < 1.29 is 14.3 Å². The molecular weight excluding hydrogens is 472 g/mol. The van der Waals surface area contributed by atoms with Crippen molar-refractivity contribution in [2.45, 2.75) is 155 Å². The van der Waals surface area contributed by atoms with Gasteiger partial charge in [-0.05, 0) is 111 Å². The fourth-order valence-corrected chi connectivity index (χ4v) is 10.6. The van der Waals surface area contributed by atoms with Gasteiger partial charge in [0.05, 0.1) is 5.60 Å². The fraction of sp³-hybridized carbons (Fsp3) is 0.909. The number of carbonyl (C=O) groups is 1. The van der Waals surface area contributed by atoms with E-state index in [2.05, 4.69) is 67.6 Å². The molecule has 0 heterocycles. The van der Waals surface area contributed by atoms with E-state index in [1.165, 1.54) is 24.8 Å². The maximum Gasteiger partial charge on any atom is 0.192 e. The van der Waals surface area contributed by atoms with E-state index >= 15 is 0 Å². The molecule has 0 aromatic carbocycles. The lowest BCUT2D eigenvalue weighted by molar-refractivity contribution is -0.140. The van der Waals surface area contributed by atoms with Gasteiger partial charge < -0.3 is 9.53 Å². The second kappa shape index (κ2) is 10.2. The summed E-state index contributed by atoms with van der Waals surface area (Å²) in [5.41, 5.74) is 0.977. The Bertz CT molecular complexity index is 882. The summed E-state index contributed by atoms with van der Waals surface area (Å²) in [5.74, 6) is 1.73. The molecule has 212 valence electrons. The van der Waals surface area contributed by atoms with Crippen molar-refractivity contribution in [2.24, 2.45) is 34.5 Å². The van der Waals surface area contributed by atoms with Crippen molar-refractivity contribution in [3.05, 3.63) is 11.6 Å². The number of ketones is 1. The maximum atomic E-state index is 13.9. The van der Waals surface area contributed by atoms with E-state index in [4.69, 9.17) is 4.43 Å². The van der Waals surface area contributed by atoms with Crippen LogP contribution in [0.3, 0.4) is 0 Å². The van der Waals surface area contributed by atoms with Gasteiger partial charge >= 0.3 is 0 Å². The average molecular weight is 531 g/mol. The fourth-order valence-electron chi connectivity index (χ4n) is 9.17. The highest BCUT2D eigenvalue weighted by Crippen LogP contribution is 2.67. The summed E-state index contributed by atoms with van der Waals surface area (Å²) in [7, 11) is -1.83. The first-order valence-electron chi connectivity index (χ1n) is 15.7. The molecule has 4 aliphatic rings. The number of fused-ring (bicyclic) bond motifs is 5. The second-order valence-corrected chi connectivity index (χ2v) is 20.6. The minimum Gasteiger partial charge on any atom is -0.414 e. The van der Waals surface area contributed by atoms with Crippen LogP contribution in [0.15, 0.2) is 11.6 Å². The first kappa shape index (κ1) is 29.5. The lowest BCUT2D eigenvalue weighted by Crippen LogP contribution is -2.55. The monoisotopic (exact) mass is 530 g/mol. The van der Waals surface area contributed by atoms with E-state index in [1.807, 2.05) is 0 Å². The van der Waals surface area contributed by atoms with Crippen molar-refractivity contribution in [3.63, 3.8) is 0 Å². The Morgan fingerprint density at radius 2 is 1.70 bits per heavy atom. The highest BCUT2D eigenvalue weighted by molar-refractivity contribution is 6.74. The van der Waals surface area contributed by atoms with Crippen LogP contribution in [0, 0.1) is 34.5 Å². The number of unbranched alkanes of at least 4 members (excludes halogenated alkanes) is 3. The zero-order valence-electron chi connectivity index (χ0n) is 25.7.